The Hall–Kier alpha value is -1.71. The fraction of sp³-hybridized carbons (Fsp3) is 0.500. The highest BCUT2D eigenvalue weighted by Gasteiger charge is 2.15. The van der Waals surface area contributed by atoms with Crippen molar-refractivity contribution in [3.63, 3.8) is 0 Å². The highest BCUT2D eigenvalue weighted by Crippen LogP contribution is 2.15. The first-order valence-electron chi connectivity index (χ1n) is 6.52. The number of anilines is 1. The van der Waals surface area contributed by atoms with Gasteiger partial charge in [0.15, 0.2) is 6.61 Å². The Morgan fingerprint density at radius 1 is 1.22 bits per heavy atom. The summed E-state index contributed by atoms with van der Waals surface area (Å²) in [6.45, 7) is 1.82. The number of carbonyl (C=O) groups is 1. The van der Waals surface area contributed by atoms with Crippen LogP contribution in [0.15, 0.2) is 24.3 Å². The Kier molecular flexibility index (Phi) is 4.45. The van der Waals surface area contributed by atoms with Gasteiger partial charge >= 0.3 is 0 Å². The van der Waals surface area contributed by atoms with Gasteiger partial charge in [-0.2, -0.15) is 0 Å². The van der Waals surface area contributed by atoms with E-state index < -0.39 is 0 Å². The van der Waals surface area contributed by atoms with Gasteiger partial charge in [-0.1, -0.05) is 18.9 Å². The first kappa shape index (κ1) is 12.7. The summed E-state index contributed by atoms with van der Waals surface area (Å²) in [6.07, 6.45) is 4.65. The number of nitrogens with zero attached hydrogens (tertiary/aromatic N) is 1. The Morgan fingerprint density at radius 3 is 2.61 bits per heavy atom. The van der Waals surface area contributed by atoms with E-state index >= 15 is 0 Å². The monoisotopic (exact) mass is 248 g/mol. The molecule has 1 heterocycles. The minimum Gasteiger partial charge on any atom is -0.484 e. The van der Waals surface area contributed by atoms with Crippen LogP contribution in [0.25, 0.3) is 0 Å². The Labute approximate surface area is 108 Å². The maximum atomic E-state index is 12.0. The zero-order valence-corrected chi connectivity index (χ0v) is 10.6. The lowest BCUT2D eigenvalue weighted by Crippen LogP contribution is -2.35. The standard InChI is InChI=1S/C14H20N2O2/c15-12-6-5-7-13(10-12)18-11-14(17)16-8-3-1-2-4-9-16/h5-7,10H,1-4,8-9,11,15H2. The van der Waals surface area contributed by atoms with Gasteiger partial charge in [-0.15, -0.1) is 0 Å². The second kappa shape index (κ2) is 6.28. The predicted octanol–water partition coefficient (Wildman–Crippen LogP) is 2.05. The molecule has 0 spiro atoms. The van der Waals surface area contributed by atoms with E-state index in [4.69, 9.17) is 10.5 Å². The van der Waals surface area contributed by atoms with E-state index in [9.17, 15) is 4.79 Å². The van der Waals surface area contributed by atoms with E-state index in [0.29, 0.717) is 11.4 Å². The molecule has 0 bridgehead atoms. The first-order chi connectivity index (χ1) is 8.75. The molecule has 2 N–H and O–H groups in total. The molecular weight excluding hydrogens is 228 g/mol. The molecule has 1 aromatic rings. The summed E-state index contributed by atoms with van der Waals surface area (Å²) in [5.74, 6) is 0.720. The minimum absolute atomic E-state index is 0.0688. The molecule has 1 amide bonds. The molecule has 1 aliphatic rings. The molecular formula is C14H20N2O2. The van der Waals surface area contributed by atoms with Crippen LogP contribution in [0.3, 0.4) is 0 Å². The van der Waals surface area contributed by atoms with Gasteiger partial charge in [0.05, 0.1) is 0 Å². The summed E-state index contributed by atoms with van der Waals surface area (Å²) in [4.78, 5) is 13.9. The van der Waals surface area contributed by atoms with Crippen LogP contribution in [0, 0.1) is 0 Å². The minimum atomic E-state index is 0.0688. The van der Waals surface area contributed by atoms with E-state index in [1.807, 2.05) is 17.0 Å². The van der Waals surface area contributed by atoms with Crippen LogP contribution in [0.2, 0.25) is 0 Å². The number of amides is 1. The molecule has 1 saturated heterocycles. The van der Waals surface area contributed by atoms with Gasteiger partial charge in [0.25, 0.3) is 5.91 Å². The van der Waals surface area contributed by atoms with Crippen LogP contribution in [0.4, 0.5) is 5.69 Å². The smallest absolute Gasteiger partial charge is 0.260 e. The highest BCUT2D eigenvalue weighted by atomic mass is 16.5. The van der Waals surface area contributed by atoms with Gasteiger partial charge in [-0.3, -0.25) is 4.79 Å². The first-order valence-corrected chi connectivity index (χ1v) is 6.52. The van der Waals surface area contributed by atoms with Gasteiger partial charge in [-0.25, -0.2) is 0 Å². The second-order valence-electron chi connectivity index (χ2n) is 4.66. The third-order valence-electron chi connectivity index (χ3n) is 3.18. The summed E-state index contributed by atoms with van der Waals surface area (Å²) >= 11 is 0. The van der Waals surface area contributed by atoms with E-state index in [2.05, 4.69) is 0 Å². The molecule has 4 heteroatoms. The van der Waals surface area contributed by atoms with Crippen molar-refractivity contribution in [2.45, 2.75) is 25.7 Å². The van der Waals surface area contributed by atoms with Crippen LogP contribution >= 0.6 is 0 Å². The number of ether oxygens (including phenoxy) is 1. The quantitative estimate of drug-likeness (QED) is 0.833. The molecule has 2 rings (SSSR count). The molecule has 98 valence electrons. The van der Waals surface area contributed by atoms with E-state index in [1.54, 1.807) is 12.1 Å². The number of rotatable bonds is 3. The fourth-order valence-electron chi connectivity index (χ4n) is 2.16. The van der Waals surface area contributed by atoms with E-state index in [1.165, 1.54) is 12.8 Å². The number of hydrogen-bond acceptors (Lipinski definition) is 3. The molecule has 1 aromatic carbocycles. The number of likely N-dealkylation sites (tertiary alicyclic amines) is 1. The number of benzene rings is 1. The third-order valence-corrected chi connectivity index (χ3v) is 3.18. The van der Waals surface area contributed by atoms with Crippen LogP contribution in [0.1, 0.15) is 25.7 Å². The Bertz CT molecular complexity index is 399. The molecule has 1 fully saturated rings. The van der Waals surface area contributed by atoms with Crippen molar-refractivity contribution in [2.24, 2.45) is 0 Å². The molecule has 0 saturated carbocycles. The fourth-order valence-corrected chi connectivity index (χ4v) is 2.16. The van der Waals surface area contributed by atoms with E-state index in [-0.39, 0.29) is 12.5 Å². The lowest BCUT2D eigenvalue weighted by Gasteiger charge is -2.20. The van der Waals surface area contributed by atoms with Gasteiger partial charge < -0.3 is 15.4 Å². The summed E-state index contributed by atoms with van der Waals surface area (Å²) < 4.78 is 5.47. The number of nitrogen functional groups attached to an aromatic ring is 1. The Balaban J connectivity index is 1.83. The maximum absolute atomic E-state index is 12.0. The molecule has 0 aliphatic carbocycles. The lowest BCUT2D eigenvalue weighted by atomic mass is 10.2. The molecule has 18 heavy (non-hydrogen) atoms. The van der Waals surface area contributed by atoms with Crippen molar-refractivity contribution in [3.8, 4) is 5.75 Å². The second-order valence-corrected chi connectivity index (χ2v) is 4.66. The molecule has 0 radical (unpaired) electrons. The van der Waals surface area contributed by atoms with Crippen LogP contribution in [-0.4, -0.2) is 30.5 Å². The van der Waals surface area contributed by atoms with Crippen molar-refractivity contribution in [1.82, 2.24) is 4.90 Å². The number of carbonyl (C=O) groups excluding carboxylic acids is 1. The molecule has 1 aliphatic heterocycles. The average molecular weight is 248 g/mol. The molecule has 4 nitrogen and oxygen atoms in total. The van der Waals surface area contributed by atoms with Crippen molar-refractivity contribution >= 4 is 11.6 Å². The van der Waals surface area contributed by atoms with Gasteiger partial charge in [-0.05, 0) is 25.0 Å². The SMILES string of the molecule is Nc1cccc(OCC(=O)N2CCCCCC2)c1. The van der Waals surface area contributed by atoms with Gasteiger partial charge in [0, 0.05) is 24.8 Å². The van der Waals surface area contributed by atoms with Crippen LogP contribution < -0.4 is 10.5 Å². The summed E-state index contributed by atoms with van der Waals surface area (Å²) in [7, 11) is 0. The third kappa shape index (κ3) is 3.65. The van der Waals surface area contributed by atoms with Crippen LogP contribution in [0.5, 0.6) is 5.75 Å². The highest BCUT2D eigenvalue weighted by molar-refractivity contribution is 5.77. The average Bonchev–Trinajstić information content (AvgIpc) is 2.65. The largest absolute Gasteiger partial charge is 0.484 e. The van der Waals surface area contributed by atoms with Crippen LogP contribution in [-0.2, 0) is 4.79 Å². The topological polar surface area (TPSA) is 55.6 Å². The summed E-state index contributed by atoms with van der Waals surface area (Å²) in [5.41, 5.74) is 6.30. The Morgan fingerprint density at radius 2 is 1.94 bits per heavy atom. The zero-order valence-electron chi connectivity index (χ0n) is 10.6. The van der Waals surface area contributed by atoms with Gasteiger partial charge in [0.2, 0.25) is 0 Å². The normalized spacial score (nSPS) is 16.1. The number of nitrogens with two attached hydrogens (primary N) is 1. The molecule has 0 unspecified atom stereocenters. The predicted molar refractivity (Wildman–Crippen MR) is 71.4 cm³/mol. The zero-order chi connectivity index (χ0) is 12.8. The summed E-state index contributed by atoms with van der Waals surface area (Å²) in [5, 5.41) is 0. The lowest BCUT2D eigenvalue weighted by molar-refractivity contribution is -0.133. The van der Waals surface area contributed by atoms with E-state index in [0.717, 1.165) is 25.9 Å². The van der Waals surface area contributed by atoms with Crippen molar-refractivity contribution in [2.75, 3.05) is 25.4 Å². The van der Waals surface area contributed by atoms with Crippen molar-refractivity contribution in [1.29, 1.82) is 0 Å². The molecule has 0 atom stereocenters. The van der Waals surface area contributed by atoms with Gasteiger partial charge in [0.1, 0.15) is 5.75 Å². The summed E-state index contributed by atoms with van der Waals surface area (Å²) in [6, 6.07) is 7.16. The maximum Gasteiger partial charge on any atom is 0.260 e. The number of hydrogen-bond donors (Lipinski definition) is 1. The molecule has 0 aromatic heterocycles. The van der Waals surface area contributed by atoms with Crippen molar-refractivity contribution in [3.05, 3.63) is 24.3 Å². The van der Waals surface area contributed by atoms with Crippen molar-refractivity contribution < 1.29 is 9.53 Å².